The molecule has 4 fully saturated rings. The quantitative estimate of drug-likeness (QED) is 0.463. The molecule has 4 rings (SSSR count). The SMILES string of the molecule is C[C@H](CCC(=O)O)[C@H]1CC[C@H]2[C@@H]3C[C@@H](O)[C@@]4(O)C[C@@H](O)CC[C@]4(CO)[C@H]3CC[C@]12C. The molecule has 0 saturated heterocycles. The average Bonchev–Trinajstić information content (AvgIpc) is 3.04. The van der Waals surface area contributed by atoms with Crippen LogP contribution in [0.1, 0.15) is 78.1 Å². The van der Waals surface area contributed by atoms with Crippen molar-refractivity contribution in [3.05, 3.63) is 0 Å². The normalized spacial score (nSPS) is 51.5. The van der Waals surface area contributed by atoms with Gasteiger partial charge in [0.1, 0.15) is 5.60 Å². The lowest BCUT2D eigenvalue weighted by Crippen LogP contribution is -2.70. The third-order valence-corrected chi connectivity index (χ3v) is 10.4. The van der Waals surface area contributed by atoms with Crippen LogP contribution in [0.25, 0.3) is 0 Å². The van der Waals surface area contributed by atoms with Crippen molar-refractivity contribution < 1.29 is 30.3 Å². The molecule has 6 heteroatoms. The fourth-order valence-corrected chi connectivity index (χ4v) is 8.90. The molecule has 0 spiro atoms. The van der Waals surface area contributed by atoms with Crippen molar-refractivity contribution in [3.63, 3.8) is 0 Å². The summed E-state index contributed by atoms with van der Waals surface area (Å²) in [6.07, 6.45) is 5.29. The monoisotopic (exact) mass is 424 g/mol. The van der Waals surface area contributed by atoms with Crippen LogP contribution in [-0.4, -0.2) is 55.9 Å². The molecular formula is C24H40O6. The molecule has 10 atom stereocenters. The smallest absolute Gasteiger partial charge is 0.303 e. The highest BCUT2D eigenvalue weighted by Gasteiger charge is 2.69. The first-order valence-electron chi connectivity index (χ1n) is 12.0. The van der Waals surface area contributed by atoms with Crippen molar-refractivity contribution in [3.8, 4) is 0 Å². The zero-order valence-electron chi connectivity index (χ0n) is 18.5. The fraction of sp³-hybridized carbons (Fsp3) is 0.958. The Morgan fingerprint density at radius 2 is 1.83 bits per heavy atom. The summed E-state index contributed by atoms with van der Waals surface area (Å²) in [7, 11) is 0. The summed E-state index contributed by atoms with van der Waals surface area (Å²) in [5.74, 6) is 0.966. The van der Waals surface area contributed by atoms with Crippen LogP contribution in [0.4, 0.5) is 0 Å². The molecule has 0 aromatic carbocycles. The van der Waals surface area contributed by atoms with Gasteiger partial charge in [-0.1, -0.05) is 13.8 Å². The molecule has 6 nitrogen and oxygen atoms in total. The summed E-state index contributed by atoms with van der Waals surface area (Å²) in [4.78, 5) is 11.1. The number of hydrogen-bond donors (Lipinski definition) is 5. The van der Waals surface area contributed by atoms with Gasteiger partial charge in [0.25, 0.3) is 0 Å². The van der Waals surface area contributed by atoms with E-state index >= 15 is 0 Å². The minimum absolute atomic E-state index is 0.124. The first kappa shape index (κ1) is 22.5. The summed E-state index contributed by atoms with van der Waals surface area (Å²) < 4.78 is 0. The van der Waals surface area contributed by atoms with Gasteiger partial charge in [0.05, 0.1) is 18.8 Å². The van der Waals surface area contributed by atoms with Gasteiger partial charge in [-0.3, -0.25) is 4.79 Å². The van der Waals surface area contributed by atoms with E-state index in [-0.39, 0.29) is 36.7 Å². The van der Waals surface area contributed by atoms with E-state index in [1.807, 2.05) is 0 Å². The Balaban J connectivity index is 1.61. The number of carboxylic acid groups (broad SMARTS) is 1. The predicted octanol–water partition coefficient (Wildman–Crippen LogP) is 2.57. The van der Waals surface area contributed by atoms with Crippen molar-refractivity contribution >= 4 is 5.97 Å². The third-order valence-electron chi connectivity index (χ3n) is 10.4. The van der Waals surface area contributed by atoms with E-state index in [0.717, 1.165) is 25.7 Å². The zero-order chi connectivity index (χ0) is 21.9. The van der Waals surface area contributed by atoms with Gasteiger partial charge < -0.3 is 25.5 Å². The second-order valence-electron chi connectivity index (χ2n) is 11.4. The lowest BCUT2D eigenvalue weighted by molar-refractivity contribution is -0.280. The van der Waals surface area contributed by atoms with Crippen LogP contribution in [0.2, 0.25) is 0 Å². The zero-order valence-corrected chi connectivity index (χ0v) is 18.5. The second-order valence-corrected chi connectivity index (χ2v) is 11.4. The molecule has 5 N–H and O–H groups in total. The summed E-state index contributed by atoms with van der Waals surface area (Å²) in [6.45, 7) is 4.42. The number of fused-ring (bicyclic) bond motifs is 5. The standard InChI is InChI=1S/C24H40O6/c1-14(3-6-21(28)29)17-4-5-18-16-11-20(27)24(30)12-15(26)7-10-23(24,13-25)19(16)8-9-22(17,18)2/h14-20,25-27,30H,3-13H2,1-2H3,(H,28,29)/t14-,15+,16+,17-,18+,19+,20-,22-,23+,24+/m1/s1. The minimum Gasteiger partial charge on any atom is -0.481 e. The Morgan fingerprint density at radius 1 is 1.10 bits per heavy atom. The minimum atomic E-state index is -1.42. The van der Waals surface area contributed by atoms with Crippen LogP contribution in [0.5, 0.6) is 0 Å². The Morgan fingerprint density at radius 3 is 2.50 bits per heavy atom. The Bertz CT molecular complexity index is 668. The summed E-state index contributed by atoms with van der Waals surface area (Å²) >= 11 is 0. The van der Waals surface area contributed by atoms with Gasteiger partial charge in [-0.25, -0.2) is 0 Å². The molecule has 172 valence electrons. The van der Waals surface area contributed by atoms with Gasteiger partial charge in [-0.15, -0.1) is 0 Å². The van der Waals surface area contributed by atoms with E-state index in [1.165, 1.54) is 0 Å². The molecule has 4 aliphatic rings. The van der Waals surface area contributed by atoms with E-state index in [4.69, 9.17) is 5.11 Å². The number of aliphatic hydroxyl groups excluding tert-OH is 3. The molecule has 0 aliphatic heterocycles. The van der Waals surface area contributed by atoms with Gasteiger partial charge in [0.15, 0.2) is 0 Å². The van der Waals surface area contributed by atoms with Crippen LogP contribution < -0.4 is 0 Å². The van der Waals surface area contributed by atoms with Crippen molar-refractivity contribution in [1.29, 1.82) is 0 Å². The number of carbonyl (C=O) groups is 1. The van der Waals surface area contributed by atoms with Crippen LogP contribution in [0, 0.1) is 40.4 Å². The van der Waals surface area contributed by atoms with Gasteiger partial charge in [0.2, 0.25) is 0 Å². The Labute approximate surface area is 179 Å². The summed E-state index contributed by atoms with van der Waals surface area (Å²) in [5.41, 5.74) is -2.02. The number of carboxylic acids is 1. The van der Waals surface area contributed by atoms with E-state index in [0.29, 0.717) is 43.4 Å². The first-order valence-corrected chi connectivity index (χ1v) is 12.0. The maximum atomic E-state index is 11.6. The topological polar surface area (TPSA) is 118 Å². The van der Waals surface area contributed by atoms with Gasteiger partial charge in [0, 0.05) is 18.3 Å². The lowest BCUT2D eigenvalue weighted by Gasteiger charge is -2.65. The molecule has 4 aliphatic carbocycles. The third kappa shape index (κ3) is 3.08. The van der Waals surface area contributed by atoms with Gasteiger partial charge in [-0.2, -0.15) is 0 Å². The van der Waals surface area contributed by atoms with Crippen LogP contribution in [0.3, 0.4) is 0 Å². The largest absolute Gasteiger partial charge is 0.481 e. The van der Waals surface area contributed by atoms with Crippen molar-refractivity contribution in [2.45, 2.75) is 95.9 Å². The van der Waals surface area contributed by atoms with E-state index in [2.05, 4.69) is 13.8 Å². The summed E-state index contributed by atoms with van der Waals surface area (Å²) in [5, 5.41) is 52.5. The van der Waals surface area contributed by atoms with Crippen molar-refractivity contribution in [1.82, 2.24) is 0 Å². The lowest BCUT2D eigenvalue weighted by atomic mass is 9.42. The molecule has 0 aromatic rings. The molecule has 0 amide bonds. The second kappa shape index (κ2) is 7.72. The molecule has 0 aromatic heterocycles. The molecule has 0 heterocycles. The van der Waals surface area contributed by atoms with Gasteiger partial charge in [-0.05, 0) is 86.4 Å². The molecular weight excluding hydrogens is 384 g/mol. The summed E-state index contributed by atoms with van der Waals surface area (Å²) in [6, 6.07) is 0. The Hall–Kier alpha value is -0.690. The number of hydrogen-bond acceptors (Lipinski definition) is 5. The molecule has 0 bridgehead atoms. The predicted molar refractivity (Wildman–Crippen MR) is 112 cm³/mol. The molecule has 4 saturated carbocycles. The van der Waals surface area contributed by atoms with E-state index < -0.39 is 29.2 Å². The Kier molecular flexibility index (Phi) is 5.79. The number of aliphatic hydroxyl groups is 4. The molecule has 30 heavy (non-hydrogen) atoms. The average molecular weight is 425 g/mol. The van der Waals surface area contributed by atoms with Crippen molar-refractivity contribution in [2.75, 3.05) is 6.61 Å². The number of rotatable bonds is 5. The van der Waals surface area contributed by atoms with Crippen LogP contribution >= 0.6 is 0 Å². The molecule has 0 radical (unpaired) electrons. The maximum absolute atomic E-state index is 11.6. The van der Waals surface area contributed by atoms with Crippen molar-refractivity contribution in [2.24, 2.45) is 40.4 Å². The highest BCUT2D eigenvalue weighted by molar-refractivity contribution is 5.66. The van der Waals surface area contributed by atoms with Crippen LogP contribution in [-0.2, 0) is 4.79 Å². The first-order chi connectivity index (χ1) is 14.1. The highest BCUT2D eigenvalue weighted by Crippen LogP contribution is 2.69. The fourth-order valence-electron chi connectivity index (χ4n) is 8.90. The van der Waals surface area contributed by atoms with E-state index in [9.17, 15) is 25.2 Å². The highest BCUT2D eigenvalue weighted by atomic mass is 16.4. The number of aliphatic carboxylic acids is 1. The van der Waals surface area contributed by atoms with Crippen LogP contribution in [0.15, 0.2) is 0 Å². The van der Waals surface area contributed by atoms with E-state index in [1.54, 1.807) is 0 Å². The van der Waals surface area contributed by atoms with Gasteiger partial charge >= 0.3 is 5.97 Å². The molecule has 0 unspecified atom stereocenters. The maximum Gasteiger partial charge on any atom is 0.303 e.